The van der Waals surface area contributed by atoms with Gasteiger partial charge >= 0.3 is 0 Å². The second-order valence-corrected chi connectivity index (χ2v) is 5.77. The van der Waals surface area contributed by atoms with Gasteiger partial charge in [-0.1, -0.05) is 42.5 Å². The third kappa shape index (κ3) is 5.13. The van der Waals surface area contributed by atoms with E-state index in [0.717, 1.165) is 26.1 Å². The lowest BCUT2D eigenvalue weighted by Crippen LogP contribution is -2.37. The van der Waals surface area contributed by atoms with Crippen molar-refractivity contribution in [3.63, 3.8) is 0 Å². The maximum atomic E-state index is 12.3. The average Bonchev–Trinajstić information content (AvgIpc) is 2.95. The Bertz CT molecular complexity index is 652. The molecule has 1 aliphatic heterocycles. The Kier molecular flexibility index (Phi) is 8.05. The molecule has 1 saturated heterocycles. The summed E-state index contributed by atoms with van der Waals surface area (Å²) in [5.41, 5.74) is 8.25. The lowest BCUT2D eigenvalue weighted by molar-refractivity contribution is 0.0938. The molecular formula is C18H23Cl2N3O. The minimum Gasteiger partial charge on any atom is -0.398 e. The number of halogens is 2. The fourth-order valence-corrected chi connectivity index (χ4v) is 2.90. The van der Waals surface area contributed by atoms with Gasteiger partial charge in [0.05, 0.1) is 5.56 Å². The number of carbonyl (C=O) groups is 1. The molecule has 0 radical (unpaired) electrons. The van der Waals surface area contributed by atoms with Crippen LogP contribution in [0.25, 0.3) is 0 Å². The van der Waals surface area contributed by atoms with Gasteiger partial charge in [0.1, 0.15) is 0 Å². The molecule has 0 spiro atoms. The van der Waals surface area contributed by atoms with E-state index in [1.54, 1.807) is 12.1 Å². The van der Waals surface area contributed by atoms with Crippen molar-refractivity contribution in [1.29, 1.82) is 0 Å². The molecule has 6 heteroatoms. The van der Waals surface area contributed by atoms with Crippen LogP contribution >= 0.6 is 24.8 Å². The number of hydrogen-bond acceptors (Lipinski definition) is 3. The van der Waals surface area contributed by atoms with Crippen LogP contribution in [0.1, 0.15) is 22.3 Å². The molecule has 130 valence electrons. The van der Waals surface area contributed by atoms with Crippen LogP contribution in [-0.2, 0) is 6.54 Å². The first-order chi connectivity index (χ1) is 10.7. The maximum absolute atomic E-state index is 12.3. The largest absolute Gasteiger partial charge is 0.398 e. The molecule has 1 fully saturated rings. The Morgan fingerprint density at radius 3 is 2.46 bits per heavy atom. The highest BCUT2D eigenvalue weighted by Gasteiger charge is 2.24. The molecule has 1 amide bonds. The fourth-order valence-electron chi connectivity index (χ4n) is 2.90. The van der Waals surface area contributed by atoms with E-state index in [2.05, 4.69) is 34.5 Å². The van der Waals surface area contributed by atoms with Gasteiger partial charge in [0.2, 0.25) is 0 Å². The van der Waals surface area contributed by atoms with Crippen LogP contribution in [0.4, 0.5) is 5.69 Å². The van der Waals surface area contributed by atoms with Gasteiger partial charge in [0.25, 0.3) is 5.91 Å². The number of likely N-dealkylation sites (tertiary alicyclic amines) is 1. The number of hydrogen-bond donors (Lipinski definition) is 2. The Hall–Kier alpha value is -1.75. The Morgan fingerprint density at radius 1 is 1.08 bits per heavy atom. The Labute approximate surface area is 155 Å². The lowest BCUT2D eigenvalue weighted by Gasteiger charge is -2.17. The minimum absolute atomic E-state index is 0. The predicted octanol–water partition coefficient (Wildman–Crippen LogP) is 3.12. The van der Waals surface area contributed by atoms with E-state index in [-0.39, 0.29) is 36.8 Å². The molecule has 0 saturated carbocycles. The van der Waals surface area contributed by atoms with Crippen molar-refractivity contribution in [2.75, 3.05) is 18.8 Å². The average molecular weight is 368 g/mol. The zero-order valence-electron chi connectivity index (χ0n) is 13.4. The Morgan fingerprint density at radius 2 is 1.75 bits per heavy atom. The molecule has 0 aromatic heterocycles. The van der Waals surface area contributed by atoms with Gasteiger partial charge in [0, 0.05) is 31.4 Å². The van der Waals surface area contributed by atoms with E-state index >= 15 is 0 Å². The number of benzene rings is 2. The highest BCUT2D eigenvalue weighted by molar-refractivity contribution is 5.99. The summed E-state index contributed by atoms with van der Waals surface area (Å²) < 4.78 is 0. The summed E-state index contributed by atoms with van der Waals surface area (Å²) >= 11 is 0. The molecule has 1 atom stereocenters. The molecule has 4 nitrogen and oxygen atoms in total. The van der Waals surface area contributed by atoms with Crippen LogP contribution in [0.5, 0.6) is 0 Å². The van der Waals surface area contributed by atoms with E-state index in [9.17, 15) is 4.79 Å². The Balaban J connectivity index is 0.00000144. The van der Waals surface area contributed by atoms with Crippen LogP contribution in [0.2, 0.25) is 0 Å². The number of nitrogens with zero attached hydrogens (tertiary/aromatic N) is 1. The molecule has 0 aliphatic carbocycles. The van der Waals surface area contributed by atoms with Gasteiger partial charge < -0.3 is 11.1 Å². The molecule has 1 unspecified atom stereocenters. The van der Waals surface area contributed by atoms with Gasteiger partial charge in [-0.15, -0.1) is 24.8 Å². The molecule has 3 rings (SSSR count). The normalized spacial score (nSPS) is 16.8. The lowest BCUT2D eigenvalue weighted by atomic mass is 10.1. The summed E-state index contributed by atoms with van der Waals surface area (Å²) in [7, 11) is 0. The van der Waals surface area contributed by atoms with Crippen LogP contribution < -0.4 is 11.1 Å². The maximum Gasteiger partial charge on any atom is 0.253 e. The number of carbonyl (C=O) groups excluding carboxylic acids is 1. The quantitative estimate of drug-likeness (QED) is 0.816. The highest BCUT2D eigenvalue weighted by atomic mass is 35.5. The number of nitrogen functional groups attached to an aromatic ring is 1. The standard InChI is InChI=1S/C18H21N3O.2ClH/c19-17-9-5-4-8-16(17)18(22)20-15-10-11-21(13-15)12-14-6-2-1-3-7-14;;/h1-9,15H,10-13,19H2,(H,20,22);2*1H. The number of rotatable bonds is 4. The number of amides is 1. The van der Waals surface area contributed by atoms with E-state index in [1.165, 1.54) is 5.56 Å². The number of nitrogens with two attached hydrogens (primary N) is 1. The van der Waals surface area contributed by atoms with Gasteiger partial charge in [-0.2, -0.15) is 0 Å². The van der Waals surface area contributed by atoms with Gasteiger partial charge in [0.15, 0.2) is 0 Å². The smallest absolute Gasteiger partial charge is 0.253 e. The third-order valence-electron chi connectivity index (χ3n) is 4.06. The molecule has 1 aliphatic rings. The van der Waals surface area contributed by atoms with Gasteiger partial charge in [-0.05, 0) is 24.1 Å². The van der Waals surface area contributed by atoms with Crippen LogP contribution in [0.15, 0.2) is 54.6 Å². The summed E-state index contributed by atoms with van der Waals surface area (Å²) in [5, 5.41) is 3.09. The summed E-state index contributed by atoms with van der Waals surface area (Å²) in [5.74, 6) is -0.0790. The monoisotopic (exact) mass is 367 g/mol. The van der Waals surface area contributed by atoms with Crippen LogP contribution in [0.3, 0.4) is 0 Å². The van der Waals surface area contributed by atoms with Crippen molar-refractivity contribution in [3.8, 4) is 0 Å². The SMILES string of the molecule is Cl.Cl.Nc1ccccc1C(=O)NC1CCN(Cc2ccccc2)C1. The molecular weight excluding hydrogens is 345 g/mol. The topological polar surface area (TPSA) is 58.4 Å². The van der Waals surface area contributed by atoms with Gasteiger partial charge in [-0.25, -0.2) is 0 Å². The summed E-state index contributed by atoms with van der Waals surface area (Å²) in [6.45, 7) is 2.82. The highest BCUT2D eigenvalue weighted by Crippen LogP contribution is 2.15. The predicted molar refractivity (Wildman–Crippen MR) is 103 cm³/mol. The van der Waals surface area contributed by atoms with E-state index in [0.29, 0.717) is 11.3 Å². The van der Waals surface area contributed by atoms with E-state index in [4.69, 9.17) is 5.73 Å². The molecule has 3 N–H and O–H groups in total. The second kappa shape index (κ2) is 9.52. The first-order valence-electron chi connectivity index (χ1n) is 7.64. The van der Waals surface area contributed by atoms with Crippen molar-refractivity contribution in [3.05, 3.63) is 65.7 Å². The first kappa shape index (κ1) is 20.3. The summed E-state index contributed by atoms with van der Waals surface area (Å²) in [4.78, 5) is 14.6. The van der Waals surface area contributed by atoms with Crippen molar-refractivity contribution in [2.24, 2.45) is 0 Å². The van der Waals surface area contributed by atoms with Crippen LogP contribution in [0, 0.1) is 0 Å². The van der Waals surface area contributed by atoms with Crippen LogP contribution in [-0.4, -0.2) is 29.9 Å². The fraction of sp³-hybridized carbons (Fsp3) is 0.278. The van der Waals surface area contributed by atoms with Crippen molar-refractivity contribution >= 4 is 36.4 Å². The van der Waals surface area contributed by atoms with E-state index in [1.807, 2.05) is 18.2 Å². The molecule has 1 heterocycles. The second-order valence-electron chi connectivity index (χ2n) is 5.77. The van der Waals surface area contributed by atoms with E-state index < -0.39 is 0 Å². The van der Waals surface area contributed by atoms with Crippen molar-refractivity contribution < 1.29 is 4.79 Å². The molecule has 2 aromatic carbocycles. The molecule has 24 heavy (non-hydrogen) atoms. The van der Waals surface area contributed by atoms with Crippen molar-refractivity contribution in [1.82, 2.24) is 10.2 Å². The zero-order valence-corrected chi connectivity index (χ0v) is 15.0. The van der Waals surface area contributed by atoms with Gasteiger partial charge in [-0.3, -0.25) is 9.69 Å². The molecule has 2 aromatic rings. The minimum atomic E-state index is -0.0790. The first-order valence-corrected chi connectivity index (χ1v) is 7.64. The summed E-state index contributed by atoms with van der Waals surface area (Å²) in [6.07, 6.45) is 0.977. The number of para-hydroxylation sites is 1. The van der Waals surface area contributed by atoms with Crippen molar-refractivity contribution in [2.45, 2.75) is 19.0 Å². The number of anilines is 1. The third-order valence-corrected chi connectivity index (χ3v) is 4.06. The molecule has 0 bridgehead atoms. The number of nitrogens with one attached hydrogen (secondary N) is 1. The zero-order chi connectivity index (χ0) is 15.4. The summed E-state index contributed by atoms with van der Waals surface area (Å²) in [6, 6.07) is 17.8.